The van der Waals surface area contributed by atoms with E-state index in [9.17, 15) is 5.11 Å². The van der Waals surface area contributed by atoms with Crippen molar-refractivity contribution < 1.29 is 5.11 Å². The first-order valence-corrected chi connectivity index (χ1v) is 7.27. The topological polar surface area (TPSA) is 35.5 Å². The molecule has 0 aromatic heterocycles. The molecule has 0 amide bonds. The largest absolute Gasteiger partial charge is 0.396 e. The highest BCUT2D eigenvalue weighted by molar-refractivity contribution is 4.85. The van der Waals surface area contributed by atoms with Crippen LogP contribution in [-0.4, -0.2) is 48.3 Å². The maximum atomic E-state index is 9.19. The molecule has 0 radical (unpaired) electrons. The van der Waals surface area contributed by atoms with Gasteiger partial charge in [-0.1, -0.05) is 20.3 Å². The zero-order valence-corrected chi connectivity index (χ0v) is 11.8. The lowest BCUT2D eigenvalue weighted by atomic mass is 9.95. The molecule has 1 aliphatic heterocycles. The van der Waals surface area contributed by atoms with Crippen LogP contribution in [0, 0.1) is 5.92 Å². The fourth-order valence-corrected chi connectivity index (χ4v) is 2.78. The molecule has 102 valence electrons. The van der Waals surface area contributed by atoms with E-state index in [2.05, 4.69) is 31.0 Å². The summed E-state index contributed by atoms with van der Waals surface area (Å²) < 4.78 is 0. The van der Waals surface area contributed by atoms with Crippen LogP contribution < -0.4 is 5.32 Å². The molecule has 1 fully saturated rings. The Morgan fingerprint density at radius 1 is 1.35 bits per heavy atom. The Kier molecular flexibility index (Phi) is 7.09. The fraction of sp³-hybridized carbons (Fsp3) is 1.00. The normalized spacial score (nSPS) is 25.8. The van der Waals surface area contributed by atoms with E-state index in [1.807, 2.05) is 0 Å². The molecule has 3 heteroatoms. The molecule has 17 heavy (non-hydrogen) atoms. The van der Waals surface area contributed by atoms with Crippen molar-refractivity contribution >= 4 is 0 Å². The van der Waals surface area contributed by atoms with Gasteiger partial charge in [0.05, 0.1) is 0 Å². The molecule has 1 aliphatic rings. The second-order valence-electron chi connectivity index (χ2n) is 5.59. The lowest BCUT2D eigenvalue weighted by molar-refractivity contribution is 0.0871. The SMILES string of the molecule is CCCNC(C)C1CCCCN1CC(C)CO. The zero-order valence-electron chi connectivity index (χ0n) is 11.8. The van der Waals surface area contributed by atoms with Crippen LogP contribution in [0.3, 0.4) is 0 Å². The molecule has 0 bridgehead atoms. The van der Waals surface area contributed by atoms with E-state index in [0.717, 1.165) is 13.1 Å². The van der Waals surface area contributed by atoms with Crippen LogP contribution in [0.2, 0.25) is 0 Å². The van der Waals surface area contributed by atoms with Gasteiger partial charge in [-0.25, -0.2) is 0 Å². The zero-order chi connectivity index (χ0) is 12.7. The number of hydrogen-bond donors (Lipinski definition) is 2. The highest BCUT2D eigenvalue weighted by Crippen LogP contribution is 2.21. The van der Waals surface area contributed by atoms with E-state index in [4.69, 9.17) is 0 Å². The van der Waals surface area contributed by atoms with Crippen molar-refractivity contribution in [3.63, 3.8) is 0 Å². The summed E-state index contributed by atoms with van der Waals surface area (Å²) in [5, 5.41) is 12.8. The molecule has 0 aromatic rings. The number of hydrogen-bond acceptors (Lipinski definition) is 3. The Morgan fingerprint density at radius 2 is 2.12 bits per heavy atom. The number of piperidine rings is 1. The molecule has 1 saturated heterocycles. The summed E-state index contributed by atoms with van der Waals surface area (Å²) in [6.07, 6.45) is 5.17. The summed E-state index contributed by atoms with van der Waals surface area (Å²) in [6.45, 7) is 10.3. The quantitative estimate of drug-likeness (QED) is 0.715. The highest BCUT2D eigenvalue weighted by atomic mass is 16.3. The van der Waals surface area contributed by atoms with Gasteiger partial charge in [0.25, 0.3) is 0 Å². The van der Waals surface area contributed by atoms with Gasteiger partial charge < -0.3 is 10.4 Å². The number of nitrogens with one attached hydrogen (secondary N) is 1. The van der Waals surface area contributed by atoms with Crippen molar-refractivity contribution in [1.29, 1.82) is 0 Å². The highest BCUT2D eigenvalue weighted by Gasteiger charge is 2.27. The van der Waals surface area contributed by atoms with Crippen molar-refractivity contribution in [3.8, 4) is 0 Å². The number of rotatable bonds is 7. The monoisotopic (exact) mass is 242 g/mol. The lowest BCUT2D eigenvalue weighted by Crippen LogP contribution is -2.52. The van der Waals surface area contributed by atoms with Crippen LogP contribution >= 0.6 is 0 Å². The predicted octanol–water partition coefficient (Wildman–Crippen LogP) is 1.86. The Bertz CT molecular complexity index is 199. The molecule has 2 N–H and O–H groups in total. The third-order valence-electron chi connectivity index (χ3n) is 3.82. The van der Waals surface area contributed by atoms with Gasteiger partial charge in [0, 0.05) is 25.2 Å². The minimum atomic E-state index is 0.306. The van der Waals surface area contributed by atoms with E-state index in [1.165, 1.54) is 32.2 Å². The van der Waals surface area contributed by atoms with E-state index >= 15 is 0 Å². The van der Waals surface area contributed by atoms with Crippen LogP contribution in [0.25, 0.3) is 0 Å². The molecule has 0 aliphatic carbocycles. The molecule has 3 unspecified atom stereocenters. The summed E-state index contributed by atoms with van der Waals surface area (Å²) in [5.74, 6) is 0.397. The molecule has 0 aromatic carbocycles. The van der Waals surface area contributed by atoms with E-state index in [-0.39, 0.29) is 0 Å². The summed E-state index contributed by atoms with van der Waals surface area (Å²) >= 11 is 0. The molecule has 0 saturated carbocycles. The van der Waals surface area contributed by atoms with Gasteiger partial charge in [-0.15, -0.1) is 0 Å². The molecule has 3 atom stereocenters. The van der Waals surface area contributed by atoms with Crippen molar-refractivity contribution in [2.45, 2.75) is 58.5 Å². The van der Waals surface area contributed by atoms with Crippen molar-refractivity contribution in [2.24, 2.45) is 5.92 Å². The van der Waals surface area contributed by atoms with Gasteiger partial charge in [0.2, 0.25) is 0 Å². The third-order valence-corrected chi connectivity index (χ3v) is 3.82. The van der Waals surface area contributed by atoms with Gasteiger partial charge in [-0.3, -0.25) is 4.90 Å². The van der Waals surface area contributed by atoms with Crippen LogP contribution in [0.5, 0.6) is 0 Å². The van der Waals surface area contributed by atoms with E-state index in [1.54, 1.807) is 0 Å². The average Bonchev–Trinajstić information content (AvgIpc) is 2.36. The van der Waals surface area contributed by atoms with Crippen molar-refractivity contribution in [1.82, 2.24) is 10.2 Å². The molecule has 1 heterocycles. The Balaban J connectivity index is 2.46. The van der Waals surface area contributed by atoms with Crippen molar-refractivity contribution in [3.05, 3.63) is 0 Å². The number of likely N-dealkylation sites (tertiary alicyclic amines) is 1. The van der Waals surface area contributed by atoms with Crippen molar-refractivity contribution in [2.75, 3.05) is 26.2 Å². The maximum absolute atomic E-state index is 9.19. The Labute approximate surface area is 107 Å². The summed E-state index contributed by atoms with van der Waals surface area (Å²) in [6, 6.07) is 1.23. The molecule has 0 spiro atoms. The molecular weight excluding hydrogens is 212 g/mol. The summed E-state index contributed by atoms with van der Waals surface area (Å²) in [7, 11) is 0. The van der Waals surface area contributed by atoms with Crippen LogP contribution in [-0.2, 0) is 0 Å². The van der Waals surface area contributed by atoms with Gasteiger partial charge >= 0.3 is 0 Å². The van der Waals surface area contributed by atoms with Crippen LogP contribution in [0.1, 0.15) is 46.5 Å². The molecular formula is C14H30N2O. The van der Waals surface area contributed by atoms with Crippen LogP contribution in [0.4, 0.5) is 0 Å². The van der Waals surface area contributed by atoms with Gasteiger partial charge in [0.1, 0.15) is 0 Å². The second kappa shape index (κ2) is 8.06. The predicted molar refractivity (Wildman–Crippen MR) is 73.2 cm³/mol. The van der Waals surface area contributed by atoms with Gasteiger partial charge in [-0.05, 0) is 45.2 Å². The summed E-state index contributed by atoms with van der Waals surface area (Å²) in [5.41, 5.74) is 0. The Morgan fingerprint density at radius 3 is 2.76 bits per heavy atom. The minimum Gasteiger partial charge on any atom is -0.396 e. The van der Waals surface area contributed by atoms with Gasteiger partial charge in [-0.2, -0.15) is 0 Å². The van der Waals surface area contributed by atoms with E-state index in [0.29, 0.717) is 24.6 Å². The minimum absolute atomic E-state index is 0.306. The first-order chi connectivity index (χ1) is 8.19. The fourth-order valence-electron chi connectivity index (χ4n) is 2.78. The number of aliphatic hydroxyl groups is 1. The molecule has 1 rings (SSSR count). The Hall–Kier alpha value is -0.120. The second-order valence-corrected chi connectivity index (χ2v) is 5.59. The summed E-state index contributed by atoms with van der Waals surface area (Å²) in [4.78, 5) is 2.58. The first-order valence-electron chi connectivity index (χ1n) is 7.27. The van der Waals surface area contributed by atoms with E-state index < -0.39 is 0 Å². The smallest absolute Gasteiger partial charge is 0.0468 e. The molecule has 3 nitrogen and oxygen atoms in total. The lowest BCUT2D eigenvalue weighted by Gasteiger charge is -2.40. The third kappa shape index (κ3) is 4.94. The van der Waals surface area contributed by atoms with Gasteiger partial charge in [0.15, 0.2) is 0 Å². The number of nitrogens with zero attached hydrogens (tertiary/aromatic N) is 1. The van der Waals surface area contributed by atoms with Crippen LogP contribution in [0.15, 0.2) is 0 Å². The average molecular weight is 242 g/mol. The maximum Gasteiger partial charge on any atom is 0.0468 e. The number of aliphatic hydroxyl groups excluding tert-OH is 1. The first kappa shape index (κ1) is 14.9. The standard InChI is InChI=1S/C14H30N2O/c1-4-8-15-13(3)14-7-5-6-9-16(14)10-12(2)11-17/h12-15,17H,4-11H2,1-3H3.